The minimum atomic E-state index is 0.430. The van der Waals surface area contributed by atoms with Crippen molar-refractivity contribution < 1.29 is 4.74 Å². The lowest BCUT2D eigenvalue weighted by Gasteiger charge is -2.16. The Kier molecular flexibility index (Phi) is 6.09. The Bertz CT molecular complexity index is 498. The third-order valence-electron chi connectivity index (χ3n) is 3.28. The van der Waals surface area contributed by atoms with E-state index in [9.17, 15) is 0 Å². The SMILES string of the molecule is CNC(CCOc1ccccc1)Cc1ccc(Br)cc1. The predicted octanol–water partition coefficient (Wildman–Crippen LogP) is 4.05. The Morgan fingerprint density at radius 2 is 1.75 bits per heavy atom. The summed E-state index contributed by atoms with van der Waals surface area (Å²) in [5.41, 5.74) is 1.34. The van der Waals surface area contributed by atoms with Gasteiger partial charge in [0.2, 0.25) is 0 Å². The van der Waals surface area contributed by atoms with Crippen LogP contribution < -0.4 is 10.1 Å². The zero-order valence-corrected chi connectivity index (χ0v) is 13.3. The molecule has 0 aliphatic carbocycles. The highest BCUT2D eigenvalue weighted by Gasteiger charge is 2.07. The Morgan fingerprint density at radius 1 is 1.05 bits per heavy atom. The highest BCUT2D eigenvalue weighted by Crippen LogP contribution is 2.13. The molecule has 0 aliphatic rings. The van der Waals surface area contributed by atoms with Crippen molar-refractivity contribution in [2.75, 3.05) is 13.7 Å². The summed E-state index contributed by atoms with van der Waals surface area (Å²) in [7, 11) is 2.01. The van der Waals surface area contributed by atoms with Crippen LogP contribution in [0.3, 0.4) is 0 Å². The van der Waals surface area contributed by atoms with Gasteiger partial charge in [0.1, 0.15) is 5.75 Å². The summed E-state index contributed by atoms with van der Waals surface area (Å²) in [6, 6.07) is 18.9. The summed E-state index contributed by atoms with van der Waals surface area (Å²) in [5, 5.41) is 3.36. The molecule has 0 radical (unpaired) electrons. The molecule has 1 N–H and O–H groups in total. The van der Waals surface area contributed by atoms with Gasteiger partial charge >= 0.3 is 0 Å². The van der Waals surface area contributed by atoms with Crippen LogP contribution in [0, 0.1) is 0 Å². The molecule has 0 bridgehead atoms. The maximum absolute atomic E-state index is 5.75. The Hall–Kier alpha value is -1.32. The number of benzene rings is 2. The molecule has 0 aliphatic heterocycles. The van der Waals surface area contributed by atoms with Crippen molar-refractivity contribution in [1.82, 2.24) is 5.32 Å². The largest absolute Gasteiger partial charge is 0.494 e. The molecule has 0 spiro atoms. The fourth-order valence-electron chi connectivity index (χ4n) is 2.09. The van der Waals surface area contributed by atoms with Gasteiger partial charge in [-0.2, -0.15) is 0 Å². The van der Waals surface area contributed by atoms with Crippen LogP contribution in [0.25, 0.3) is 0 Å². The molecule has 0 amide bonds. The van der Waals surface area contributed by atoms with Gasteiger partial charge in [-0.25, -0.2) is 0 Å². The van der Waals surface area contributed by atoms with Crippen LogP contribution in [0.4, 0.5) is 0 Å². The second-order valence-electron chi connectivity index (χ2n) is 4.77. The second kappa shape index (κ2) is 8.08. The first kappa shape index (κ1) is 15.1. The number of likely N-dealkylation sites (N-methyl/N-ethyl adjacent to an activating group) is 1. The van der Waals surface area contributed by atoms with Gasteiger partial charge < -0.3 is 10.1 Å². The van der Waals surface area contributed by atoms with Gasteiger partial charge in [0.05, 0.1) is 6.61 Å². The summed E-state index contributed by atoms with van der Waals surface area (Å²) in [5.74, 6) is 0.936. The Labute approximate surface area is 129 Å². The van der Waals surface area contributed by atoms with E-state index in [4.69, 9.17) is 4.74 Å². The van der Waals surface area contributed by atoms with Crippen LogP contribution in [-0.2, 0) is 6.42 Å². The summed E-state index contributed by atoms with van der Waals surface area (Å²) in [6.45, 7) is 0.728. The number of hydrogen-bond donors (Lipinski definition) is 1. The van der Waals surface area contributed by atoms with E-state index < -0.39 is 0 Å². The van der Waals surface area contributed by atoms with Crippen LogP contribution in [0.5, 0.6) is 5.75 Å². The molecule has 1 unspecified atom stereocenters. The van der Waals surface area contributed by atoms with Gasteiger partial charge in [-0.1, -0.05) is 46.3 Å². The van der Waals surface area contributed by atoms with Gasteiger partial charge in [0, 0.05) is 10.5 Å². The topological polar surface area (TPSA) is 21.3 Å². The second-order valence-corrected chi connectivity index (χ2v) is 5.68. The van der Waals surface area contributed by atoms with Crippen molar-refractivity contribution in [2.45, 2.75) is 18.9 Å². The van der Waals surface area contributed by atoms with Crippen molar-refractivity contribution in [2.24, 2.45) is 0 Å². The zero-order chi connectivity index (χ0) is 14.2. The molecular formula is C17H20BrNO. The average molecular weight is 334 g/mol. The number of nitrogens with one attached hydrogen (secondary N) is 1. The average Bonchev–Trinajstić information content (AvgIpc) is 2.49. The number of halogens is 1. The highest BCUT2D eigenvalue weighted by atomic mass is 79.9. The van der Waals surface area contributed by atoms with E-state index in [2.05, 4.69) is 45.5 Å². The molecule has 2 rings (SSSR count). The lowest BCUT2D eigenvalue weighted by atomic mass is 10.0. The quantitative estimate of drug-likeness (QED) is 0.825. The van der Waals surface area contributed by atoms with Crippen LogP contribution in [-0.4, -0.2) is 19.7 Å². The van der Waals surface area contributed by atoms with Gasteiger partial charge in [-0.05, 0) is 49.7 Å². The fourth-order valence-corrected chi connectivity index (χ4v) is 2.35. The first-order chi connectivity index (χ1) is 9.78. The Morgan fingerprint density at radius 3 is 2.40 bits per heavy atom. The minimum Gasteiger partial charge on any atom is -0.494 e. The molecule has 3 heteroatoms. The maximum Gasteiger partial charge on any atom is 0.119 e. The molecule has 0 aromatic heterocycles. The van der Waals surface area contributed by atoms with Crippen molar-refractivity contribution in [3.8, 4) is 5.75 Å². The van der Waals surface area contributed by atoms with E-state index >= 15 is 0 Å². The predicted molar refractivity (Wildman–Crippen MR) is 87.2 cm³/mol. The molecule has 0 saturated heterocycles. The monoisotopic (exact) mass is 333 g/mol. The molecule has 0 heterocycles. The molecule has 0 fully saturated rings. The fraction of sp³-hybridized carbons (Fsp3) is 0.294. The van der Waals surface area contributed by atoms with Crippen LogP contribution in [0.1, 0.15) is 12.0 Å². The summed E-state index contributed by atoms with van der Waals surface area (Å²) in [4.78, 5) is 0. The summed E-state index contributed by atoms with van der Waals surface area (Å²) in [6.07, 6.45) is 2.00. The van der Waals surface area contributed by atoms with Gasteiger partial charge in [0.25, 0.3) is 0 Å². The minimum absolute atomic E-state index is 0.430. The van der Waals surface area contributed by atoms with E-state index in [1.54, 1.807) is 0 Å². The lowest BCUT2D eigenvalue weighted by molar-refractivity contribution is 0.288. The van der Waals surface area contributed by atoms with Gasteiger partial charge in [0.15, 0.2) is 0 Å². The molecule has 2 aromatic carbocycles. The van der Waals surface area contributed by atoms with Crippen LogP contribution in [0.2, 0.25) is 0 Å². The molecule has 106 valence electrons. The number of ether oxygens (including phenoxy) is 1. The number of hydrogen-bond acceptors (Lipinski definition) is 2. The van der Waals surface area contributed by atoms with E-state index in [0.29, 0.717) is 6.04 Å². The first-order valence-electron chi connectivity index (χ1n) is 6.87. The van der Waals surface area contributed by atoms with Crippen LogP contribution >= 0.6 is 15.9 Å². The molecule has 2 nitrogen and oxygen atoms in total. The molecule has 0 saturated carbocycles. The van der Waals surface area contributed by atoms with Gasteiger partial charge in [-0.15, -0.1) is 0 Å². The van der Waals surface area contributed by atoms with Crippen molar-refractivity contribution in [3.05, 3.63) is 64.6 Å². The smallest absolute Gasteiger partial charge is 0.119 e. The molecule has 2 aromatic rings. The maximum atomic E-state index is 5.75. The lowest BCUT2D eigenvalue weighted by Crippen LogP contribution is -2.29. The summed E-state index contributed by atoms with van der Waals surface area (Å²) >= 11 is 3.46. The molecular weight excluding hydrogens is 314 g/mol. The van der Waals surface area contributed by atoms with E-state index in [-0.39, 0.29) is 0 Å². The highest BCUT2D eigenvalue weighted by molar-refractivity contribution is 9.10. The normalized spacial score (nSPS) is 12.1. The van der Waals surface area contributed by atoms with Crippen molar-refractivity contribution in [3.63, 3.8) is 0 Å². The molecule has 1 atom stereocenters. The third kappa shape index (κ3) is 4.99. The number of para-hydroxylation sites is 1. The number of rotatable bonds is 7. The van der Waals surface area contributed by atoms with Crippen LogP contribution in [0.15, 0.2) is 59.1 Å². The zero-order valence-electron chi connectivity index (χ0n) is 11.7. The standard InChI is InChI=1S/C17H20BrNO/c1-19-16(13-14-7-9-15(18)10-8-14)11-12-20-17-5-3-2-4-6-17/h2-10,16,19H,11-13H2,1H3. The van der Waals surface area contributed by atoms with E-state index in [1.807, 2.05) is 37.4 Å². The molecule has 20 heavy (non-hydrogen) atoms. The van der Waals surface area contributed by atoms with Gasteiger partial charge in [-0.3, -0.25) is 0 Å². The van der Waals surface area contributed by atoms with E-state index in [1.165, 1.54) is 5.56 Å². The Balaban J connectivity index is 1.79. The van der Waals surface area contributed by atoms with Crippen molar-refractivity contribution in [1.29, 1.82) is 0 Å². The van der Waals surface area contributed by atoms with E-state index in [0.717, 1.165) is 29.7 Å². The summed E-state index contributed by atoms with van der Waals surface area (Å²) < 4.78 is 6.87. The first-order valence-corrected chi connectivity index (χ1v) is 7.67. The van der Waals surface area contributed by atoms with Crippen molar-refractivity contribution >= 4 is 15.9 Å². The third-order valence-corrected chi connectivity index (χ3v) is 3.81.